The normalized spacial score (nSPS) is 25.5. The number of rotatable bonds is 5. The lowest BCUT2D eigenvalue weighted by Crippen LogP contribution is -2.44. The number of ether oxygens (including phenoxy) is 1. The Balaban J connectivity index is 1.40. The molecule has 1 aromatic rings. The highest BCUT2D eigenvalue weighted by Crippen LogP contribution is 2.38. The van der Waals surface area contributed by atoms with Gasteiger partial charge in [0.1, 0.15) is 0 Å². The van der Waals surface area contributed by atoms with Gasteiger partial charge in [0.15, 0.2) is 5.82 Å². The minimum Gasteiger partial charge on any atom is -0.374 e. The standard InChI is InChI=1S/C12H20N4O2/c1-16-4-5-17-10(8-16)6-13-7-11-14-12(18-15-11)9-2-3-9/h9-10,13H,2-8H2,1H3. The van der Waals surface area contributed by atoms with E-state index < -0.39 is 0 Å². The topological polar surface area (TPSA) is 63.4 Å². The average Bonchev–Trinajstić information content (AvgIpc) is 3.10. The molecule has 1 aliphatic carbocycles. The van der Waals surface area contributed by atoms with Gasteiger partial charge in [-0.3, -0.25) is 0 Å². The number of nitrogens with zero attached hydrogens (tertiary/aromatic N) is 3. The van der Waals surface area contributed by atoms with Crippen molar-refractivity contribution in [2.75, 3.05) is 33.3 Å². The molecule has 0 bridgehead atoms. The van der Waals surface area contributed by atoms with Crippen LogP contribution in [0.2, 0.25) is 0 Å². The van der Waals surface area contributed by atoms with Crippen LogP contribution in [-0.2, 0) is 11.3 Å². The molecule has 1 N–H and O–H groups in total. The van der Waals surface area contributed by atoms with E-state index in [9.17, 15) is 0 Å². The summed E-state index contributed by atoms with van der Waals surface area (Å²) in [5, 5.41) is 7.30. The number of hydrogen-bond donors (Lipinski definition) is 1. The zero-order chi connectivity index (χ0) is 12.4. The third-order valence-electron chi connectivity index (χ3n) is 3.41. The average molecular weight is 252 g/mol. The molecule has 2 aliphatic rings. The summed E-state index contributed by atoms with van der Waals surface area (Å²) in [6.45, 7) is 4.30. The van der Waals surface area contributed by atoms with Crippen LogP contribution in [0, 0.1) is 0 Å². The zero-order valence-corrected chi connectivity index (χ0v) is 10.8. The van der Waals surface area contributed by atoms with Gasteiger partial charge in [-0.2, -0.15) is 4.98 Å². The molecule has 6 heteroatoms. The van der Waals surface area contributed by atoms with Gasteiger partial charge in [-0.25, -0.2) is 0 Å². The lowest BCUT2D eigenvalue weighted by Gasteiger charge is -2.30. The summed E-state index contributed by atoms with van der Waals surface area (Å²) >= 11 is 0. The molecule has 1 saturated carbocycles. The van der Waals surface area contributed by atoms with Crippen molar-refractivity contribution in [1.82, 2.24) is 20.4 Å². The van der Waals surface area contributed by atoms with Crippen molar-refractivity contribution < 1.29 is 9.26 Å². The van der Waals surface area contributed by atoms with E-state index >= 15 is 0 Å². The highest BCUT2D eigenvalue weighted by molar-refractivity contribution is 5.01. The van der Waals surface area contributed by atoms with Gasteiger partial charge in [0, 0.05) is 25.6 Å². The largest absolute Gasteiger partial charge is 0.374 e. The van der Waals surface area contributed by atoms with Crippen molar-refractivity contribution in [3.05, 3.63) is 11.7 Å². The predicted molar refractivity (Wildman–Crippen MR) is 65.2 cm³/mol. The first kappa shape index (κ1) is 12.1. The minimum absolute atomic E-state index is 0.263. The molecule has 0 spiro atoms. The molecule has 0 aromatic carbocycles. The van der Waals surface area contributed by atoms with Gasteiger partial charge >= 0.3 is 0 Å². The molecule has 18 heavy (non-hydrogen) atoms. The Morgan fingerprint density at radius 2 is 2.33 bits per heavy atom. The first-order chi connectivity index (χ1) is 8.81. The van der Waals surface area contributed by atoms with Gasteiger partial charge in [0.05, 0.1) is 19.3 Å². The van der Waals surface area contributed by atoms with Crippen LogP contribution in [0.3, 0.4) is 0 Å². The van der Waals surface area contributed by atoms with Crippen LogP contribution in [0.15, 0.2) is 4.52 Å². The van der Waals surface area contributed by atoms with Crippen LogP contribution < -0.4 is 5.32 Å². The van der Waals surface area contributed by atoms with E-state index in [4.69, 9.17) is 9.26 Å². The zero-order valence-electron chi connectivity index (χ0n) is 10.8. The molecule has 3 rings (SSSR count). The van der Waals surface area contributed by atoms with E-state index in [0.29, 0.717) is 12.5 Å². The fourth-order valence-corrected chi connectivity index (χ4v) is 2.17. The van der Waals surface area contributed by atoms with Gasteiger partial charge in [-0.15, -0.1) is 0 Å². The van der Waals surface area contributed by atoms with Crippen molar-refractivity contribution in [3.8, 4) is 0 Å². The summed E-state index contributed by atoms with van der Waals surface area (Å²) in [4.78, 5) is 6.67. The summed E-state index contributed by atoms with van der Waals surface area (Å²) in [5.41, 5.74) is 0. The second-order valence-electron chi connectivity index (χ2n) is 5.21. The molecule has 2 heterocycles. The molecule has 0 radical (unpaired) electrons. The number of likely N-dealkylation sites (N-methyl/N-ethyl adjacent to an activating group) is 1. The van der Waals surface area contributed by atoms with Crippen LogP contribution in [0.5, 0.6) is 0 Å². The molecule has 1 aliphatic heterocycles. The van der Waals surface area contributed by atoms with Crippen LogP contribution in [0.25, 0.3) is 0 Å². The lowest BCUT2D eigenvalue weighted by atomic mass is 10.3. The first-order valence-corrected chi connectivity index (χ1v) is 6.64. The van der Waals surface area contributed by atoms with Crippen LogP contribution >= 0.6 is 0 Å². The smallest absolute Gasteiger partial charge is 0.229 e. The number of morpholine rings is 1. The second-order valence-corrected chi connectivity index (χ2v) is 5.21. The highest BCUT2D eigenvalue weighted by Gasteiger charge is 2.29. The van der Waals surface area contributed by atoms with Crippen LogP contribution in [0.4, 0.5) is 0 Å². The van der Waals surface area contributed by atoms with Crippen molar-refractivity contribution in [2.45, 2.75) is 31.4 Å². The maximum atomic E-state index is 5.67. The van der Waals surface area contributed by atoms with Gasteiger partial charge in [-0.05, 0) is 19.9 Å². The van der Waals surface area contributed by atoms with Crippen molar-refractivity contribution in [1.29, 1.82) is 0 Å². The van der Waals surface area contributed by atoms with Crippen LogP contribution in [-0.4, -0.2) is 54.4 Å². The third kappa shape index (κ3) is 3.07. The highest BCUT2D eigenvalue weighted by atomic mass is 16.5. The molecule has 100 valence electrons. The van der Waals surface area contributed by atoms with Gasteiger partial charge in [-0.1, -0.05) is 5.16 Å². The molecule has 1 saturated heterocycles. The number of nitrogens with one attached hydrogen (secondary N) is 1. The Labute approximate surface area is 107 Å². The summed E-state index contributed by atoms with van der Waals surface area (Å²) in [6.07, 6.45) is 2.65. The summed E-state index contributed by atoms with van der Waals surface area (Å²) in [5.74, 6) is 2.09. The monoisotopic (exact) mass is 252 g/mol. The summed E-state index contributed by atoms with van der Waals surface area (Å²) in [7, 11) is 2.12. The quantitative estimate of drug-likeness (QED) is 0.816. The second kappa shape index (κ2) is 5.34. The Hall–Kier alpha value is -0.980. The number of hydrogen-bond acceptors (Lipinski definition) is 6. The van der Waals surface area contributed by atoms with Crippen molar-refractivity contribution in [2.24, 2.45) is 0 Å². The van der Waals surface area contributed by atoms with E-state index in [-0.39, 0.29) is 6.10 Å². The van der Waals surface area contributed by atoms with Gasteiger partial charge in [0.2, 0.25) is 5.89 Å². The Bertz CT molecular complexity index is 391. The Morgan fingerprint density at radius 3 is 3.11 bits per heavy atom. The molecule has 1 aromatic heterocycles. The van der Waals surface area contributed by atoms with Gasteiger partial charge in [0.25, 0.3) is 0 Å². The van der Waals surface area contributed by atoms with E-state index in [2.05, 4.69) is 27.4 Å². The first-order valence-electron chi connectivity index (χ1n) is 6.64. The van der Waals surface area contributed by atoms with E-state index in [1.165, 1.54) is 12.8 Å². The van der Waals surface area contributed by atoms with Crippen molar-refractivity contribution >= 4 is 0 Å². The molecular weight excluding hydrogens is 232 g/mol. The Kier molecular flexibility index (Phi) is 3.58. The molecule has 1 atom stereocenters. The van der Waals surface area contributed by atoms with E-state index in [1.54, 1.807) is 0 Å². The third-order valence-corrected chi connectivity index (χ3v) is 3.41. The molecular formula is C12H20N4O2. The van der Waals surface area contributed by atoms with Gasteiger partial charge < -0.3 is 19.5 Å². The molecule has 1 unspecified atom stereocenters. The fourth-order valence-electron chi connectivity index (χ4n) is 2.17. The van der Waals surface area contributed by atoms with E-state index in [1.807, 2.05) is 0 Å². The SMILES string of the molecule is CN1CCOC(CNCc2noc(C3CC3)n2)C1. The van der Waals surface area contributed by atoms with E-state index in [0.717, 1.165) is 38.0 Å². The fraction of sp³-hybridized carbons (Fsp3) is 0.833. The molecule has 6 nitrogen and oxygen atoms in total. The maximum absolute atomic E-state index is 5.67. The molecule has 2 fully saturated rings. The van der Waals surface area contributed by atoms with Crippen molar-refractivity contribution in [3.63, 3.8) is 0 Å². The summed E-state index contributed by atoms with van der Waals surface area (Å²) < 4.78 is 10.9. The predicted octanol–water partition coefficient (Wildman–Crippen LogP) is 0.367. The number of aromatic nitrogens is 2. The minimum atomic E-state index is 0.263. The lowest BCUT2D eigenvalue weighted by molar-refractivity contribution is -0.0182. The molecule has 0 amide bonds. The van der Waals surface area contributed by atoms with Crippen LogP contribution in [0.1, 0.15) is 30.5 Å². The Morgan fingerprint density at radius 1 is 1.44 bits per heavy atom. The summed E-state index contributed by atoms with van der Waals surface area (Å²) in [6, 6.07) is 0. The maximum Gasteiger partial charge on any atom is 0.229 e.